The smallest absolute Gasteiger partial charge is 0.318 e. The summed E-state index contributed by atoms with van der Waals surface area (Å²) in [4.78, 5) is 34.2. The van der Waals surface area contributed by atoms with Crippen molar-refractivity contribution in [3.8, 4) is 17.2 Å². The second kappa shape index (κ2) is 11.9. The average Bonchev–Trinajstić information content (AvgIpc) is 2.81. The number of ether oxygens (including phenoxy) is 3. The molecule has 0 atom stereocenters. The number of carbonyl (C=O) groups is 2. The number of esters is 1. The van der Waals surface area contributed by atoms with Crippen LogP contribution in [0.25, 0.3) is 0 Å². The molecule has 1 N–H and O–H groups in total. The molecule has 0 radical (unpaired) electrons. The summed E-state index contributed by atoms with van der Waals surface area (Å²) in [5.74, 6) is -0.878. The summed E-state index contributed by atoms with van der Waals surface area (Å²) < 4.78 is 17.3. The topological polar surface area (TPSA) is 125 Å². The van der Waals surface area contributed by atoms with Gasteiger partial charge in [-0.15, -0.1) is 0 Å². The molecule has 2 aromatic carbocycles. The summed E-state index contributed by atoms with van der Waals surface area (Å²) in [6.07, 6.45) is 0.215. The van der Waals surface area contributed by atoms with E-state index in [0.717, 1.165) is 16.7 Å². The first-order chi connectivity index (χ1) is 16.9. The predicted octanol–water partition coefficient (Wildman–Crippen LogP) is 6.68. The number of methoxy groups -OCH3 is 1. The molecule has 0 spiro atoms. The van der Waals surface area contributed by atoms with E-state index in [1.807, 2.05) is 53.7 Å². The van der Waals surface area contributed by atoms with Crippen molar-refractivity contribution in [2.45, 2.75) is 78.2 Å². The molecule has 0 saturated carbocycles. The number of hydrogen-bond acceptors (Lipinski definition) is 7. The molecule has 0 aliphatic rings. The monoisotopic (exact) mass is 501 g/mol. The summed E-state index contributed by atoms with van der Waals surface area (Å²) in [6, 6.07) is 8.23. The highest BCUT2D eigenvalue weighted by Gasteiger charge is 2.35. The minimum Gasteiger partial charge on any atom is -0.490 e. The van der Waals surface area contributed by atoms with Gasteiger partial charge in [0, 0.05) is 12.1 Å². The van der Waals surface area contributed by atoms with Crippen LogP contribution in [0.4, 0.5) is 5.69 Å². The van der Waals surface area contributed by atoms with Crippen LogP contribution in [0.15, 0.2) is 30.3 Å². The van der Waals surface area contributed by atoms with E-state index in [2.05, 4.69) is 0 Å². The SMILES string of the molecule is CCC(CC)(OC(=O)CC(=O)O)c1cc(C(C)C)c(Oc2ccc([N+](=O)[O-])c(OC)c2)c(C(C)C)c1. The molecule has 9 heteroatoms. The molecule has 2 aromatic rings. The Morgan fingerprint density at radius 3 is 2.00 bits per heavy atom. The van der Waals surface area contributed by atoms with Crippen molar-refractivity contribution in [2.24, 2.45) is 0 Å². The van der Waals surface area contributed by atoms with Crippen molar-refractivity contribution < 1.29 is 33.8 Å². The van der Waals surface area contributed by atoms with Crippen LogP contribution in [0.3, 0.4) is 0 Å². The third-order valence-corrected chi connectivity index (χ3v) is 6.23. The van der Waals surface area contributed by atoms with E-state index in [4.69, 9.17) is 19.3 Å². The van der Waals surface area contributed by atoms with Gasteiger partial charge in [-0.05, 0) is 59.6 Å². The quantitative estimate of drug-likeness (QED) is 0.148. The van der Waals surface area contributed by atoms with E-state index in [0.29, 0.717) is 24.3 Å². The van der Waals surface area contributed by atoms with Crippen molar-refractivity contribution in [1.29, 1.82) is 0 Å². The zero-order valence-electron chi connectivity index (χ0n) is 21.9. The van der Waals surface area contributed by atoms with Crippen LogP contribution >= 0.6 is 0 Å². The summed E-state index contributed by atoms with van der Waals surface area (Å²) in [6.45, 7) is 11.9. The van der Waals surface area contributed by atoms with E-state index in [1.54, 1.807) is 0 Å². The lowest BCUT2D eigenvalue weighted by molar-refractivity contribution is -0.385. The standard InChI is InChI=1S/C27H35NO8/c1-8-27(9-2,36-25(31)15-24(29)30)18-12-20(16(3)4)26(21(13-18)17(5)6)35-19-10-11-22(28(32)33)23(14-19)34-7/h10-14,16-17H,8-9,15H2,1-7H3,(H,29,30). The number of nitro benzene ring substituents is 1. The van der Waals surface area contributed by atoms with Crippen LogP contribution in [0.2, 0.25) is 0 Å². The van der Waals surface area contributed by atoms with Gasteiger partial charge in [0.15, 0.2) is 0 Å². The molecular weight excluding hydrogens is 466 g/mol. The third-order valence-electron chi connectivity index (χ3n) is 6.23. The highest BCUT2D eigenvalue weighted by molar-refractivity contribution is 5.90. The average molecular weight is 502 g/mol. The summed E-state index contributed by atoms with van der Waals surface area (Å²) in [5.41, 5.74) is 1.36. The van der Waals surface area contributed by atoms with Crippen LogP contribution < -0.4 is 9.47 Å². The van der Waals surface area contributed by atoms with Gasteiger partial charge in [-0.3, -0.25) is 19.7 Å². The van der Waals surface area contributed by atoms with Gasteiger partial charge in [0.25, 0.3) is 0 Å². The summed E-state index contributed by atoms with van der Waals surface area (Å²) in [5, 5.41) is 20.3. The van der Waals surface area contributed by atoms with Gasteiger partial charge >= 0.3 is 17.6 Å². The summed E-state index contributed by atoms with van der Waals surface area (Å²) >= 11 is 0. The molecule has 0 unspecified atom stereocenters. The number of benzene rings is 2. The Bertz CT molecular complexity index is 1090. The Morgan fingerprint density at radius 2 is 1.58 bits per heavy atom. The second-order valence-electron chi connectivity index (χ2n) is 9.23. The van der Waals surface area contributed by atoms with Gasteiger partial charge in [-0.25, -0.2) is 0 Å². The van der Waals surface area contributed by atoms with Crippen molar-refractivity contribution in [3.05, 3.63) is 57.1 Å². The molecule has 2 rings (SSSR count). The molecule has 196 valence electrons. The fraction of sp³-hybridized carbons (Fsp3) is 0.481. The molecule has 0 aromatic heterocycles. The highest BCUT2D eigenvalue weighted by atomic mass is 16.6. The predicted molar refractivity (Wildman–Crippen MR) is 135 cm³/mol. The molecule has 0 heterocycles. The molecule has 0 fully saturated rings. The van der Waals surface area contributed by atoms with E-state index >= 15 is 0 Å². The first kappa shape index (κ1) is 28.6. The molecule has 0 aliphatic carbocycles. The van der Waals surface area contributed by atoms with Gasteiger partial charge < -0.3 is 19.3 Å². The summed E-state index contributed by atoms with van der Waals surface area (Å²) in [7, 11) is 1.36. The van der Waals surface area contributed by atoms with E-state index in [-0.39, 0.29) is 23.3 Å². The normalized spacial score (nSPS) is 11.5. The fourth-order valence-electron chi connectivity index (χ4n) is 4.14. The van der Waals surface area contributed by atoms with Crippen molar-refractivity contribution in [3.63, 3.8) is 0 Å². The van der Waals surface area contributed by atoms with E-state index in [9.17, 15) is 19.7 Å². The van der Waals surface area contributed by atoms with E-state index in [1.165, 1.54) is 25.3 Å². The van der Waals surface area contributed by atoms with Gasteiger partial charge in [-0.2, -0.15) is 0 Å². The fourth-order valence-corrected chi connectivity index (χ4v) is 4.14. The van der Waals surface area contributed by atoms with Crippen molar-refractivity contribution >= 4 is 17.6 Å². The molecule has 0 amide bonds. The highest BCUT2D eigenvalue weighted by Crippen LogP contribution is 2.44. The first-order valence-corrected chi connectivity index (χ1v) is 12.0. The number of hydrogen-bond donors (Lipinski definition) is 1. The molecule has 0 bridgehead atoms. The minimum atomic E-state index is -1.24. The number of carboxylic acid groups (broad SMARTS) is 1. The maximum Gasteiger partial charge on any atom is 0.318 e. The van der Waals surface area contributed by atoms with Crippen LogP contribution in [0, 0.1) is 10.1 Å². The number of aliphatic carboxylic acids is 1. The zero-order chi connectivity index (χ0) is 27.2. The van der Waals surface area contributed by atoms with Gasteiger partial charge in [0.05, 0.1) is 12.0 Å². The van der Waals surface area contributed by atoms with Crippen LogP contribution in [-0.2, 0) is 19.9 Å². The molecule has 36 heavy (non-hydrogen) atoms. The lowest BCUT2D eigenvalue weighted by Gasteiger charge is -2.34. The lowest BCUT2D eigenvalue weighted by atomic mass is 9.82. The van der Waals surface area contributed by atoms with E-state index < -0.39 is 28.9 Å². The Labute approximate surface area is 211 Å². The Kier molecular flexibility index (Phi) is 9.44. The Morgan fingerprint density at radius 1 is 1.03 bits per heavy atom. The maximum atomic E-state index is 12.4. The van der Waals surface area contributed by atoms with Crippen LogP contribution in [-0.4, -0.2) is 29.1 Å². The second-order valence-corrected chi connectivity index (χ2v) is 9.23. The number of nitrogens with zero attached hydrogens (tertiary/aromatic N) is 1. The zero-order valence-corrected chi connectivity index (χ0v) is 21.9. The number of carboxylic acids is 1. The number of rotatable bonds is 12. The van der Waals surface area contributed by atoms with Crippen molar-refractivity contribution in [2.75, 3.05) is 7.11 Å². The number of carbonyl (C=O) groups excluding carboxylic acids is 1. The Balaban J connectivity index is 2.68. The van der Waals surface area contributed by atoms with Crippen LogP contribution in [0.5, 0.6) is 17.2 Å². The molecule has 0 aliphatic heterocycles. The first-order valence-electron chi connectivity index (χ1n) is 12.0. The number of nitro groups is 1. The largest absolute Gasteiger partial charge is 0.490 e. The van der Waals surface area contributed by atoms with Gasteiger partial charge in [0.2, 0.25) is 5.75 Å². The van der Waals surface area contributed by atoms with Crippen LogP contribution in [0.1, 0.15) is 89.3 Å². The molecule has 9 nitrogen and oxygen atoms in total. The van der Waals surface area contributed by atoms with Crippen molar-refractivity contribution in [1.82, 2.24) is 0 Å². The lowest BCUT2D eigenvalue weighted by Crippen LogP contribution is -2.32. The maximum absolute atomic E-state index is 12.4. The molecule has 0 saturated heterocycles. The third kappa shape index (κ3) is 6.33. The van der Waals surface area contributed by atoms with Gasteiger partial charge in [0.1, 0.15) is 23.5 Å². The van der Waals surface area contributed by atoms with Gasteiger partial charge in [-0.1, -0.05) is 41.5 Å². The minimum absolute atomic E-state index is 0.0264. The Hall–Kier alpha value is -3.62. The molecular formula is C27H35NO8.